The number of benzene rings is 1. The minimum atomic E-state index is -4.47. The van der Waals surface area contributed by atoms with Crippen LogP contribution in [-0.2, 0) is 6.18 Å². The van der Waals surface area contributed by atoms with Crippen molar-refractivity contribution in [3.63, 3.8) is 0 Å². The first-order valence-corrected chi connectivity index (χ1v) is 6.02. The van der Waals surface area contributed by atoms with Crippen molar-refractivity contribution in [3.05, 3.63) is 46.0 Å². The summed E-state index contributed by atoms with van der Waals surface area (Å²) in [5, 5.41) is 0. The molecule has 0 aliphatic rings. The van der Waals surface area contributed by atoms with Gasteiger partial charge in [0.2, 0.25) is 0 Å². The Bertz CT molecular complexity index is 666. The van der Waals surface area contributed by atoms with E-state index in [1.807, 2.05) is 0 Å². The molecule has 98 valence electrons. The molecule has 0 bridgehead atoms. The highest BCUT2D eigenvalue weighted by Crippen LogP contribution is 2.30. The zero-order valence-electron chi connectivity index (χ0n) is 9.79. The van der Waals surface area contributed by atoms with E-state index in [-0.39, 0.29) is 5.82 Å². The molecule has 1 aromatic heterocycles. The van der Waals surface area contributed by atoms with Crippen LogP contribution in [-0.4, -0.2) is 9.55 Å². The maximum Gasteiger partial charge on any atom is 0.434 e. The van der Waals surface area contributed by atoms with Crippen LogP contribution in [0.4, 0.5) is 13.2 Å². The van der Waals surface area contributed by atoms with Gasteiger partial charge in [-0.2, -0.15) is 13.2 Å². The van der Waals surface area contributed by atoms with Crippen molar-refractivity contribution >= 4 is 15.9 Å². The molecule has 2 rings (SSSR count). The Kier molecular flexibility index (Phi) is 3.42. The average Bonchev–Trinajstić information content (AvgIpc) is 2.71. The Hall–Kier alpha value is -1.74. The quantitative estimate of drug-likeness (QED) is 0.725. The van der Waals surface area contributed by atoms with E-state index in [2.05, 4.69) is 26.8 Å². The molecule has 1 aromatic carbocycles. The number of hydrogen-bond acceptors (Lipinski definition) is 1. The van der Waals surface area contributed by atoms with Gasteiger partial charge in [0.15, 0.2) is 5.69 Å². The highest BCUT2D eigenvalue weighted by molar-refractivity contribution is 9.10. The van der Waals surface area contributed by atoms with Crippen LogP contribution in [0.15, 0.2) is 28.9 Å². The predicted octanol–water partition coefficient (Wildman–Crippen LogP) is 3.94. The molecular weight excluding hydrogens is 321 g/mol. The maximum atomic E-state index is 12.6. The first-order valence-electron chi connectivity index (χ1n) is 5.22. The van der Waals surface area contributed by atoms with Crippen molar-refractivity contribution in [1.82, 2.24) is 9.55 Å². The third kappa shape index (κ3) is 2.66. The molecule has 0 saturated heterocycles. The number of alkyl halides is 3. The first-order chi connectivity index (χ1) is 8.82. The van der Waals surface area contributed by atoms with Gasteiger partial charge in [0.1, 0.15) is 5.82 Å². The molecule has 0 saturated carbocycles. The summed E-state index contributed by atoms with van der Waals surface area (Å²) in [5.41, 5.74) is 0.0469. The van der Waals surface area contributed by atoms with Crippen molar-refractivity contribution < 1.29 is 13.2 Å². The summed E-state index contributed by atoms with van der Waals surface area (Å²) in [6.07, 6.45) is 1.85. The van der Waals surface area contributed by atoms with Gasteiger partial charge in [-0.25, -0.2) is 4.98 Å². The van der Waals surface area contributed by atoms with Crippen molar-refractivity contribution in [2.24, 2.45) is 0 Å². The summed E-state index contributed by atoms with van der Waals surface area (Å²) in [4.78, 5) is 3.51. The fourth-order valence-corrected chi connectivity index (χ4v) is 2.05. The molecule has 0 fully saturated rings. The van der Waals surface area contributed by atoms with Crippen LogP contribution >= 0.6 is 15.9 Å². The van der Waals surface area contributed by atoms with Crippen LogP contribution in [0.5, 0.6) is 0 Å². The summed E-state index contributed by atoms with van der Waals surface area (Å²) >= 11 is 3.26. The number of hydrogen-bond donors (Lipinski definition) is 0. The van der Waals surface area contributed by atoms with E-state index in [1.165, 1.54) is 11.5 Å². The molecule has 6 heteroatoms. The smallest absolute Gasteiger partial charge is 0.302 e. The van der Waals surface area contributed by atoms with Gasteiger partial charge in [0.05, 0.1) is 5.69 Å². The van der Waals surface area contributed by atoms with Gasteiger partial charge in [-0.05, 0) is 25.1 Å². The Labute approximate surface area is 116 Å². The van der Waals surface area contributed by atoms with Crippen molar-refractivity contribution in [1.29, 1.82) is 0 Å². The molecule has 0 spiro atoms. The zero-order valence-corrected chi connectivity index (χ0v) is 11.4. The summed E-state index contributed by atoms with van der Waals surface area (Å²) in [7, 11) is 0. The molecule has 0 amide bonds. The number of aryl methyl sites for hydroxylation is 1. The van der Waals surface area contributed by atoms with Gasteiger partial charge in [0, 0.05) is 16.2 Å². The van der Waals surface area contributed by atoms with Crippen molar-refractivity contribution in [2.45, 2.75) is 13.1 Å². The summed E-state index contributed by atoms with van der Waals surface area (Å²) < 4.78 is 40.0. The third-order valence-electron chi connectivity index (χ3n) is 2.55. The van der Waals surface area contributed by atoms with Crippen molar-refractivity contribution in [2.75, 3.05) is 0 Å². The Morgan fingerprint density at radius 2 is 2.05 bits per heavy atom. The highest BCUT2D eigenvalue weighted by Gasteiger charge is 2.34. The molecule has 2 nitrogen and oxygen atoms in total. The van der Waals surface area contributed by atoms with E-state index < -0.39 is 11.9 Å². The first kappa shape index (κ1) is 13.7. The number of aromatic nitrogens is 2. The molecule has 0 N–H and O–H groups in total. The number of halogens is 4. The van der Waals surface area contributed by atoms with Gasteiger partial charge in [-0.3, -0.25) is 0 Å². The molecule has 0 atom stereocenters. The topological polar surface area (TPSA) is 17.8 Å². The Morgan fingerprint density at radius 1 is 1.37 bits per heavy atom. The van der Waals surface area contributed by atoms with E-state index >= 15 is 0 Å². The van der Waals surface area contributed by atoms with Crippen molar-refractivity contribution in [3.8, 4) is 18.0 Å². The largest absolute Gasteiger partial charge is 0.434 e. The lowest BCUT2D eigenvalue weighted by molar-refractivity contribution is -0.141. The molecule has 0 aliphatic carbocycles. The second-order valence-corrected chi connectivity index (χ2v) is 4.76. The molecule has 0 radical (unpaired) electrons. The standard InChI is InChI=1S/C13H8BrF3N2/c1-3-9-6-10(14)4-5-11(9)19-7-12(13(15,16)17)18-8(19)2/h1,4-7H,2H3. The van der Waals surface area contributed by atoms with E-state index in [4.69, 9.17) is 6.42 Å². The number of nitrogens with zero attached hydrogens (tertiary/aromatic N) is 2. The maximum absolute atomic E-state index is 12.6. The summed E-state index contributed by atoms with van der Waals surface area (Å²) in [5.74, 6) is 2.68. The fourth-order valence-electron chi connectivity index (χ4n) is 1.69. The zero-order chi connectivity index (χ0) is 14.2. The Morgan fingerprint density at radius 3 is 2.58 bits per heavy atom. The predicted molar refractivity (Wildman–Crippen MR) is 68.9 cm³/mol. The molecule has 1 heterocycles. The Balaban J connectivity index is 2.61. The number of terminal acetylenes is 1. The lowest BCUT2D eigenvalue weighted by Crippen LogP contribution is -2.05. The van der Waals surface area contributed by atoms with E-state index in [0.717, 1.165) is 10.7 Å². The molecular formula is C13H8BrF3N2. The second-order valence-electron chi connectivity index (χ2n) is 3.85. The normalized spacial score (nSPS) is 11.4. The van der Waals surface area contributed by atoms with Gasteiger partial charge in [-0.15, -0.1) is 6.42 Å². The van der Waals surface area contributed by atoms with Crippen LogP contribution < -0.4 is 0 Å². The summed E-state index contributed by atoms with van der Waals surface area (Å²) in [6.45, 7) is 1.50. The van der Waals surface area contributed by atoms with E-state index in [1.54, 1.807) is 18.2 Å². The second kappa shape index (κ2) is 4.74. The molecule has 0 unspecified atom stereocenters. The van der Waals surface area contributed by atoms with E-state index in [9.17, 15) is 13.2 Å². The summed E-state index contributed by atoms with van der Waals surface area (Å²) in [6, 6.07) is 5.03. The van der Waals surface area contributed by atoms with Crippen LogP contribution in [0.3, 0.4) is 0 Å². The molecule has 19 heavy (non-hydrogen) atoms. The third-order valence-corrected chi connectivity index (χ3v) is 3.04. The SMILES string of the molecule is C#Cc1cc(Br)ccc1-n1cc(C(F)(F)F)nc1C. The van der Waals surface area contributed by atoms with E-state index in [0.29, 0.717) is 11.3 Å². The van der Waals surface area contributed by atoms with Crippen LogP contribution in [0.2, 0.25) is 0 Å². The fraction of sp³-hybridized carbons (Fsp3) is 0.154. The average molecular weight is 329 g/mol. The minimum Gasteiger partial charge on any atom is -0.302 e. The number of imidazole rings is 1. The highest BCUT2D eigenvalue weighted by atomic mass is 79.9. The van der Waals surface area contributed by atoms with Crippen LogP contribution in [0, 0.1) is 19.3 Å². The van der Waals surface area contributed by atoms with Crippen LogP contribution in [0.1, 0.15) is 17.1 Å². The van der Waals surface area contributed by atoms with Gasteiger partial charge in [0.25, 0.3) is 0 Å². The van der Waals surface area contributed by atoms with Crippen LogP contribution in [0.25, 0.3) is 5.69 Å². The lowest BCUT2D eigenvalue weighted by Gasteiger charge is -2.08. The molecule has 0 aliphatic heterocycles. The minimum absolute atomic E-state index is 0.228. The number of rotatable bonds is 1. The van der Waals surface area contributed by atoms with Gasteiger partial charge < -0.3 is 4.57 Å². The van der Waals surface area contributed by atoms with Gasteiger partial charge in [-0.1, -0.05) is 21.9 Å². The van der Waals surface area contributed by atoms with Gasteiger partial charge >= 0.3 is 6.18 Å². The molecule has 2 aromatic rings. The monoisotopic (exact) mass is 328 g/mol. The lowest BCUT2D eigenvalue weighted by atomic mass is 10.2.